The second-order valence-corrected chi connectivity index (χ2v) is 10.6. The molecule has 1 aliphatic heterocycles. The molecule has 33 heavy (non-hydrogen) atoms. The number of benzene rings is 3. The van der Waals surface area contributed by atoms with Gasteiger partial charge in [-0.05, 0) is 64.9 Å². The van der Waals surface area contributed by atoms with Gasteiger partial charge in [-0.15, -0.1) is 0 Å². The van der Waals surface area contributed by atoms with Gasteiger partial charge in [0.05, 0.1) is 12.1 Å². The van der Waals surface area contributed by atoms with Crippen LogP contribution in [0.15, 0.2) is 87.8 Å². The normalized spacial score (nSPS) is 19.1. The number of dihydropyridines is 1. The van der Waals surface area contributed by atoms with Crippen molar-refractivity contribution in [1.82, 2.24) is 5.32 Å². The first kappa shape index (κ1) is 23.6. The van der Waals surface area contributed by atoms with Gasteiger partial charge >= 0.3 is 0 Å². The van der Waals surface area contributed by atoms with Crippen molar-refractivity contribution in [3.8, 4) is 0 Å². The first-order chi connectivity index (χ1) is 15.7. The fourth-order valence-corrected chi connectivity index (χ4v) is 5.76. The Morgan fingerprint density at radius 2 is 1.61 bits per heavy atom. The molecule has 2 nitrogen and oxygen atoms in total. The number of aliphatic hydroxyl groups is 1. The molecule has 0 saturated heterocycles. The van der Waals surface area contributed by atoms with E-state index in [9.17, 15) is 9.50 Å². The number of allylic oxidation sites excluding steroid dienone is 2. The molecule has 0 aliphatic carbocycles. The van der Waals surface area contributed by atoms with Crippen molar-refractivity contribution in [2.75, 3.05) is 6.61 Å². The van der Waals surface area contributed by atoms with Crippen LogP contribution in [0.4, 0.5) is 4.39 Å². The fraction of sp³-hybridized carbons (Fsp3) is 0.310. The van der Waals surface area contributed by atoms with Crippen LogP contribution in [-0.4, -0.2) is 17.3 Å². The van der Waals surface area contributed by atoms with Gasteiger partial charge in [-0.1, -0.05) is 81.9 Å². The fourth-order valence-electron chi connectivity index (χ4n) is 4.46. The first-order valence-corrected chi connectivity index (χ1v) is 12.4. The van der Waals surface area contributed by atoms with E-state index in [2.05, 4.69) is 82.4 Å². The Hall–Kier alpha value is -2.56. The number of fused-ring (bicyclic) bond motifs is 1. The molecule has 3 aromatic rings. The highest BCUT2D eigenvalue weighted by Crippen LogP contribution is 2.48. The molecule has 0 spiro atoms. The zero-order valence-electron chi connectivity index (χ0n) is 19.9. The van der Waals surface area contributed by atoms with E-state index in [-0.39, 0.29) is 24.3 Å². The topological polar surface area (TPSA) is 32.3 Å². The number of thioether (sulfide) groups is 1. The van der Waals surface area contributed by atoms with Gasteiger partial charge in [-0.3, -0.25) is 0 Å². The third kappa shape index (κ3) is 4.47. The number of nitrogens with one attached hydrogen (secondary N) is 1. The van der Waals surface area contributed by atoms with Crippen molar-refractivity contribution in [3.05, 3.63) is 94.3 Å². The average Bonchev–Trinajstić information content (AvgIpc) is 2.80. The maximum atomic E-state index is 13.8. The van der Waals surface area contributed by atoms with E-state index in [0.717, 1.165) is 32.2 Å². The van der Waals surface area contributed by atoms with Crippen molar-refractivity contribution >= 4 is 28.1 Å². The summed E-state index contributed by atoms with van der Waals surface area (Å²) in [5.41, 5.74) is 3.62. The summed E-state index contributed by atoms with van der Waals surface area (Å²) in [4.78, 5) is 2.22. The van der Waals surface area contributed by atoms with Crippen molar-refractivity contribution < 1.29 is 9.50 Å². The van der Waals surface area contributed by atoms with E-state index in [1.54, 1.807) is 11.8 Å². The Morgan fingerprint density at radius 3 is 2.21 bits per heavy atom. The molecule has 4 rings (SSSR count). The average molecular weight is 462 g/mol. The second kappa shape index (κ2) is 9.36. The Labute approximate surface area is 200 Å². The molecule has 1 aliphatic rings. The molecule has 0 aromatic heterocycles. The highest BCUT2D eigenvalue weighted by atomic mass is 32.2. The third-order valence-electron chi connectivity index (χ3n) is 6.76. The minimum absolute atomic E-state index is 0.0679. The monoisotopic (exact) mass is 461 g/mol. The third-order valence-corrected chi connectivity index (χ3v) is 7.88. The van der Waals surface area contributed by atoms with E-state index in [0.29, 0.717) is 0 Å². The smallest absolute Gasteiger partial charge is 0.123 e. The van der Waals surface area contributed by atoms with E-state index in [1.807, 2.05) is 12.1 Å². The molecular formula is C29H32FNOS. The maximum absolute atomic E-state index is 13.8. The van der Waals surface area contributed by atoms with Crippen molar-refractivity contribution in [3.63, 3.8) is 0 Å². The van der Waals surface area contributed by atoms with E-state index < -0.39 is 5.54 Å². The van der Waals surface area contributed by atoms with Crippen LogP contribution >= 0.6 is 11.8 Å². The number of hydrogen-bond donors (Lipinski definition) is 2. The zero-order valence-corrected chi connectivity index (χ0v) is 20.8. The highest BCUT2D eigenvalue weighted by molar-refractivity contribution is 8.03. The first-order valence-electron chi connectivity index (χ1n) is 11.5. The molecule has 2 N–H and O–H groups in total. The van der Waals surface area contributed by atoms with Gasteiger partial charge in [0, 0.05) is 21.1 Å². The molecule has 1 atom stereocenters. The highest BCUT2D eigenvalue weighted by Gasteiger charge is 2.41. The van der Waals surface area contributed by atoms with Gasteiger partial charge in [-0.25, -0.2) is 4.39 Å². The lowest BCUT2D eigenvalue weighted by molar-refractivity contribution is 0.255. The van der Waals surface area contributed by atoms with Crippen molar-refractivity contribution in [2.45, 2.75) is 45.1 Å². The Kier molecular flexibility index (Phi) is 6.69. The molecule has 0 saturated carbocycles. The molecule has 1 heterocycles. The van der Waals surface area contributed by atoms with Crippen LogP contribution in [-0.2, 0) is 0 Å². The van der Waals surface area contributed by atoms with E-state index in [4.69, 9.17) is 0 Å². The lowest BCUT2D eigenvalue weighted by Crippen LogP contribution is -2.52. The summed E-state index contributed by atoms with van der Waals surface area (Å²) in [7, 11) is 0. The van der Waals surface area contributed by atoms with E-state index in [1.165, 1.54) is 22.9 Å². The van der Waals surface area contributed by atoms with Crippen LogP contribution in [0.2, 0.25) is 0 Å². The van der Waals surface area contributed by atoms with E-state index >= 15 is 0 Å². The van der Waals surface area contributed by atoms with Crippen LogP contribution in [0.25, 0.3) is 16.3 Å². The summed E-state index contributed by atoms with van der Waals surface area (Å²) in [6.45, 7) is 10.8. The lowest BCUT2D eigenvalue weighted by atomic mass is 9.74. The Balaban J connectivity index is 1.94. The molecule has 3 aromatic carbocycles. The summed E-state index contributed by atoms with van der Waals surface area (Å²) >= 11 is 1.71. The summed E-state index contributed by atoms with van der Waals surface area (Å²) in [6, 6.07) is 21.5. The standard InChI is InChI=1S/C29H32FNOS/c1-18(2)27-28(33-24-15-12-20-8-6-7-9-22(20)16-24)26(21-10-13-23(30)14-11-21)25(17-32)29(5,31-27)19(3)4/h6-16,18-19,31-32H,17H2,1-5H3. The van der Waals surface area contributed by atoms with Crippen LogP contribution in [0, 0.1) is 17.7 Å². The van der Waals surface area contributed by atoms with Crippen LogP contribution in [0.3, 0.4) is 0 Å². The Bertz CT molecular complexity index is 1230. The summed E-state index contributed by atoms with van der Waals surface area (Å²) in [6.07, 6.45) is 0. The lowest BCUT2D eigenvalue weighted by Gasteiger charge is -2.45. The molecule has 1 unspecified atom stereocenters. The van der Waals surface area contributed by atoms with Gasteiger partial charge in [0.2, 0.25) is 0 Å². The van der Waals surface area contributed by atoms with Gasteiger partial charge < -0.3 is 10.4 Å². The van der Waals surface area contributed by atoms with Gasteiger partial charge in [0.1, 0.15) is 5.82 Å². The molecular weight excluding hydrogens is 429 g/mol. The maximum Gasteiger partial charge on any atom is 0.123 e. The summed E-state index contributed by atoms with van der Waals surface area (Å²) < 4.78 is 13.8. The minimum atomic E-state index is -0.411. The van der Waals surface area contributed by atoms with Crippen molar-refractivity contribution in [1.29, 1.82) is 0 Å². The molecule has 0 amide bonds. The number of hydrogen-bond acceptors (Lipinski definition) is 3. The molecule has 0 bridgehead atoms. The molecule has 172 valence electrons. The number of halogens is 1. The summed E-state index contributed by atoms with van der Waals surface area (Å²) in [5, 5.41) is 16.8. The van der Waals surface area contributed by atoms with Crippen LogP contribution in [0.1, 0.15) is 40.2 Å². The molecule has 0 fully saturated rings. The van der Waals surface area contributed by atoms with Crippen molar-refractivity contribution in [2.24, 2.45) is 11.8 Å². The van der Waals surface area contributed by atoms with Gasteiger partial charge in [-0.2, -0.15) is 0 Å². The predicted molar refractivity (Wildman–Crippen MR) is 138 cm³/mol. The number of aliphatic hydroxyl groups excluding tert-OH is 1. The minimum Gasteiger partial charge on any atom is -0.392 e. The van der Waals surface area contributed by atoms with Gasteiger partial charge in [0.15, 0.2) is 0 Å². The largest absolute Gasteiger partial charge is 0.392 e. The van der Waals surface area contributed by atoms with Crippen LogP contribution in [0.5, 0.6) is 0 Å². The van der Waals surface area contributed by atoms with Gasteiger partial charge in [0.25, 0.3) is 0 Å². The predicted octanol–water partition coefficient (Wildman–Crippen LogP) is 7.40. The molecule has 4 heteroatoms. The second-order valence-electron chi connectivity index (χ2n) is 9.51. The SMILES string of the molecule is CC(C)C1=C(Sc2ccc3ccccc3c2)C(c2ccc(F)cc2)=C(CO)C(C)(C(C)C)N1. The van der Waals surface area contributed by atoms with Crippen LogP contribution < -0.4 is 5.32 Å². The quantitative estimate of drug-likeness (QED) is 0.401. The molecule has 0 radical (unpaired) electrons. The Morgan fingerprint density at radius 1 is 0.939 bits per heavy atom. The summed E-state index contributed by atoms with van der Waals surface area (Å²) in [5.74, 6) is 0.236. The zero-order chi connectivity index (χ0) is 23.8. The number of rotatable bonds is 6.